The van der Waals surface area contributed by atoms with Crippen LogP contribution in [0.1, 0.15) is 29.9 Å². The summed E-state index contributed by atoms with van der Waals surface area (Å²) in [7, 11) is 0. The van der Waals surface area contributed by atoms with Gasteiger partial charge in [-0.1, -0.05) is 29.8 Å². The molecule has 0 aromatic heterocycles. The Morgan fingerprint density at radius 2 is 1.67 bits per heavy atom. The number of benzene rings is 1. The average Bonchev–Trinajstić information content (AvgIpc) is 2.42. The van der Waals surface area contributed by atoms with E-state index in [1.165, 1.54) is 11.1 Å². The molecule has 100 valence electrons. The molecule has 1 aromatic carbocycles. The van der Waals surface area contributed by atoms with Crippen LogP contribution in [0.3, 0.4) is 0 Å². The number of alkyl halides is 2. The number of halogens is 2. The highest BCUT2D eigenvalue weighted by atomic mass is 19.1. The Labute approximate surface area is 108 Å². The molecular formula is C15H21F2N. The fourth-order valence-corrected chi connectivity index (χ4v) is 2.67. The minimum atomic E-state index is -0.578. The van der Waals surface area contributed by atoms with Gasteiger partial charge in [0.25, 0.3) is 0 Å². The lowest BCUT2D eigenvalue weighted by Crippen LogP contribution is -2.43. The normalized spacial score (nSPS) is 18.4. The second-order valence-electron chi connectivity index (χ2n) is 5.18. The molecule has 0 unspecified atom stereocenters. The van der Waals surface area contributed by atoms with Crippen molar-refractivity contribution in [1.82, 2.24) is 4.90 Å². The molecule has 1 nitrogen and oxygen atoms in total. The molecule has 1 saturated heterocycles. The summed E-state index contributed by atoms with van der Waals surface area (Å²) in [6.45, 7) is 2.53. The monoisotopic (exact) mass is 253 g/mol. The third-order valence-corrected chi connectivity index (χ3v) is 3.95. The predicted octanol–water partition coefficient (Wildman–Crippen LogP) is 3.48. The molecule has 0 radical (unpaired) electrons. The van der Waals surface area contributed by atoms with Gasteiger partial charge in [0.05, 0.1) is 6.04 Å². The maximum absolute atomic E-state index is 12.6. The number of nitrogens with zero attached hydrogens (tertiary/aromatic N) is 1. The van der Waals surface area contributed by atoms with E-state index in [1.54, 1.807) is 0 Å². The quantitative estimate of drug-likeness (QED) is 0.794. The van der Waals surface area contributed by atoms with Gasteiger partial charge in [0.1, 0.15) is 13.3 Å². The number of aryl methyl sites for hydroxylation is 1. The molecule has 0 N–H and O–H groups in total. The fraction of sp³-hybridized carbons (Fsp3) is 0.600. The summed E-state index contributed by atoms with van der Waals surface area (Å²) in [4.78, 5) is 1.95. The summed E-state index contributed by atoms with van der Waals surface area (Å²) in [5.41, 5.74) is 2.63. The van der Waals surface area contributed by atoms with Crippen molar-refractivity contribution in [3.05, 3.63) is 35.4 Å². The zero-order valence-corrected chi connectivity index (χ0v) is 10.9. The Kier molecular flexibility index (Phi) is 4.70. The zero-order chi connectivity index (χ0) is 13.0. The number of likely N-dealkylation sites (tertiary alicyclic amines) is 1. The van der Waals surface area contributed by atoms with Crippen molar-refractivity contribution in [2.45, 2.75) is 31.7 Å². The number of hydrogen-bond acceptors (Lipinski definition) is 1. The third-order valence-electron chi connectivity index (χ3n) is 3.95. The van der Waals surface area contributed by atoms with Crippen LogP contribution in [-0.2, 0) is 0 Å². The van der Waals surface area contributed by atoms with E-state index < -0.39 is 19.4 Å². The van der Waals surface area contributed by atoms with E-state index >= 15 is 0 Å². The van der Waals surface area contributed by atoms with Gasteiger partial charge in [-0.25, -0.2) is 8.78 Å². The van der Waals surface area contributed by atoms with Crippen molar-refractivity contribution in [3.8, 4) is 0 Å². The lowest BCUT2D eigenvalue weighted by atomic mass is 9.88. The minimum Gasteiger partial charge on any atom is -0.295 e. The highest BCUT2D eigenvalue weighted by Crippen LogP contribution is 2.29. The first-order valence-electron chi connectivity index (χ1n) is 6.67. The lowest BCUT2D eigenvalue weighted by Gasteiger charge is -2.35. The first-order valence-corrected chi connectivity index (χ1v) is 6.67. The highest BCUT2D eigenvalue weighted by molar-refractivity contribution is 5.24. The van der Waals surface area contributed by atoms with Gasteiger partial charge in [-0.2, -0.15) is 0 Å². The smallest absolute Gasteiger partial charge is 0.107 e. The maximum Gasteiger partial charge on any atom is 0.107 e. The van der Waals surface area contributed by atoms with Crippen molar-refractivity contribution < 1.29 is 8.78 Å². The summed E-state index contributed by atoms with van der Waals surface area (Å²) in [5.74, 6) is 0.543. The molecule has 2 rings (SSSR count). The minimum absolute atomic E-state index is 0.524. The van der Waals surface area contributed by atoms with Crippen molar-refractivity contribution in [1.29, 1.82) is 0 Å². The molecule has 0 saturated carbocycles. The van der Waals surface area contributed by atoms with Crippen LogP contribution in [0.25, 0.3) is 0 Å². The molecule has 1 heterocycles. The first-order chi connectivity index (χ1) is 8.74. The van der Waals surface area contributed by atoms with E-state index in [-0.39, 0.29) is 0 Å². The van der Waals surface area contributed by atoms with Crippen LogP contribution >= 0.6 is 0 Å². The van der Waals surface area contributed by atoms with E-state index in [2.05, 4.69) is 31.2 Å². The number of piperidine rings is 1. The van der Waals surface area contributed by atoms with Crippen LogP contribution < -0.4 is 0 Å². The number of rotatable bonds is 4. The van der Waals surface area contributed by atoms with Crippen molar-refractivity contribution in [2.24, 2.45) is 0 Å². The molecule has 0 aliphatic carbocycles. The lowest BCUT2D eigenvalue weighted by molar-refractivity contribution is 0.109. The fourth-order valence-electron chi connectivity index (χ4n) is 2.67. The van der Waals surface area contributed by atoms with Crippen LogP contribution in [0.4, 0.5) is 8.78 Å². The molecule has 0 amide bonds. The molecule has 0 spiro atoms. The van der Waals surface area contributed by atoms with E-state index in [4.69, 9.17) is 0 Å². The van der Waals surface area contributed by atoms with E-state index in [9.17, 15) is 8.78 Å². The van der Waals surface area contributed by atoms with Crippen molar-refractivity contribution >= 4 is 0 Å². The Morgan fingerprint density at radius 3 is 2.17 bits per heavy atom. The van der Waals surface area contributed by atoms with Crippen molar-refractivity contribution in [2.75, 3.05) is 26.4 Å². The average molecular weight is 253 g/mol. The second kappa shape index (κ2) is 6.28. The molecule has 1 aliphatic heterocycles. The summed E-state index contributed by atoms with van der Waals surface area (Å²) in [6, 6.07) is 8.10. The van der Waals surface area contributed by atoms with Gasteiger partial charge in [-0.3, -0.25) is 4.90 Å². The summed E-state index contributed by atoms with van der Waals surface area (Å²) >= 11 is 0. The molecule has 0 bridgehead atoms. The summed E-state index contributed by atoms with van der Waals surface area (Å²) in [5, 5.41) is 0. The van der Waals surface area contributed by atoms with Crippen LogP contribution in [0.2, 0.25) is 0 Å². The van der Waals surface area contributed by atoms with Crippen LogP contribution in [0, 0.1) is 6.92 Å². The SMILES string of the molecule is Cc1ccc(C2CCN(C(CF)CF)CC2)cc1. The van der Waals surface area contributed by atoms with E-state index in [0.29, 0.717) is 5.92 Å². The van der Waals surface area contributed by atoms with E-state index in [0.717, 1.165) is 25.9 Å². The molecule has 3 heteroatoms. The Hall–Kier alpha value is -0.960. The van der Waals surface area contributed by atoms with Gasteiger partial charge in [0.2, 0.25) is 0 Å². The molecule has 1 aliphatic rings. The largest absolute Gasteiger partial charge is 0.295 e. The topological polar surface area (TPSA) is 3.24 Å². The Balaban J connectivity index is 1.92. The predicted molar refractivity (Wildman–Crippen MR) is 70.5 cm³/mol. The van der Waals surface area contributed by atoms with Crippen LogP contribution in [-0.4, -0.2) is 37.4 Å². The van der Waals surface area contributed by atoms with Crippen LogP contribution in [0.15, 0.2) is 24.3 Å². The molecule has 18 heavy (non-hydrogen) atoms. The first kappa shape index (κ1) is 13.5. The number of hydrogen-bond donors (Lipinski definition) is 0. The van der Waals surface area contributed by atoms with Gasteiger partial charge in [-0.15, -0.1) is 0 Å². The van der Waals surface area contributed by atoms with Crippen molar-refractivity contribution in [3.63, 3.8) is 0 Å². The van der Waals surface area contributed by atoms with Gasteiger partial charge < -0.3 is 0 Å². The van der Waals surface area contributed by atoms with Gasteiger partial charge >= 0.3 is 0 Å². The zero-order valence-electron chi connectivity index (χ0n) is 10.9. The highest BCUT2D eigenvalue weighted by Gasteiger charge is 2.25. The molecule has 1 aromatic rings. The molecular weight excluding hydrogens is 232 g/mol. The Morgan fingerprint density at radius 1 is 1.11 bits per heavy atom. The van der Waals surface area contributed by atoms with Gasteiger partial charge in [0, 0.05) is 0 Å². The van der Waals surface area contributed by atoms with Gasteiger partial charge in [-0.05, 0) is 44.3 Å². The second-order valence-corrected chi connectivity index (χ2v) is 5.18. The van der Waals surface area contributed by atoms with E-state index in [1.807, 2.05) is 4.90 Å². The maximum atomic E-state index is 12.6. The van der Waals surface area contributed by atoms with Gasteiger partial charge in [0.15, 0.2) is 0 Å². The molecule has 1 fully saturated rings. The summed E-state index contributed by atoms with van der Waals surface area (Å²) < 4.78 is 25.3. The third kappa shape index (κ3) is 3.08. The Bertz CT molecular complexity index is 351. The summed E-state index contributed by atoms with van der Waals surface area (Å²) in [6.07, 6.45) is 2.00. The van der Waals surface area contributed by atoms with Crippen LogP contribution in [0.5, 0.6) is 0 Å². The standard InChI is InChI=1S/C15H21F2N/c1-12-2-4-13(5-3-12)14-6-8-18(9-7-14)15(10-16)11-17/h2-5,14-15H,6-11H2,1H3. The molecule has 0 atom stereocenters.